The second-order valence-corrected chi connectivity index (χ2v) is 6.82. The van der Waals surface area contributed by atoms with Crippen LogP contribution in [0.15, 0.2) is 72.8 Å². The normalized spacial score (nSPS) is 10.4. The molecule has 4 heteroatoms. The van der Waals surface area contributed by atoms with Crippen LogP contribution in [0.5, 0.6) is 5.75 Å². The molecule has 3 aromatic carbocycles. The fraction of sp³-hybridized carbons (Fsp3) is 0.208. The van der Waals surface area contributed by atoms with Crippen LogP contribution in [-0.2, 0) is 17.6 Å². The molecule has 144 valence electrons. The number of anilines is 2. The van der Waals surface area contributed by atoms with Crippen molar-refractivity contribution in [3.8, 4) is 5.75 Å². The molecule has 0 aromatic heterocycles. The summed E-state index contributed by atoms with van der Waals surface area (Å²) in [5, 5.41) is 6.36. The monoisotopic (exact) mass is 374 g/mol. The summed E-state index contributed by atoms with van der Waals surface area (Å²) < 4.78 is 5.17. The van der Waals surface area contributed by atoms with Crippen molar-refractivity contribution in [2.45, 2.75) is 19.8 Å². The second kappa shape index (κ2) is 9.60. The van der Waals surface area contributed by atoms with Gasteiger partial charge in [0.2, 0.25) is 5.91 Å². The summed E-state index contributed by atoms with van der Waals surface area (Å²) in [6.45, 7) is 2.87. The molecule has 1 amide bonds. The number of carbonyl (C=O) groups excluding carboxylic acids is 1. The first-order chi connectivity index (χ1) is 13.6. The second-order valence-electron chi connectivity index (χ2n) is 6.82. The summed E-state index contributed by atoms with van der Waals surface area (Å²) in [6, 6.07) is 23.9. The van der Waals surface area contributed by atoms with Gasteiger partial charge in [-0.25, -0.2) is 0 Å². The van der Waals surface area contributed by atoms with E-state index >= 15 is 0 Å². The summed E-state index contributed by atoms with van der Waals surface area (Å²) >= 11 is 0. The van der Waals surface area contributed by atoms with Crippen molar-refractivity contribution in [1.82, 2.24) is 0 Å². The average molecular weight is 374 g/mol. The zero-order valence-corrected chi connectivity index (χ0v) is 16.4. The largest absolute Gasteiger partial charge is 0.497 e. The van der Waals surface area contributed by atoms with Gasteiger partial charge in [-0.3, -0.25) is 4.79 Å². The Balaban J connectivity index is 1.45. The molecule has 0 unspecified atom stereocenters. The zero-order chi connectivity index (χ0) is 19.8. The summed E-state index contributed by atoms with van der Waals surface area (Å²) in [7, 11) is 1.67. The standard InChI is InChI=1S/C24H26N2O2/c1-18-4-3-5-20(16-18)17-24(27)26-22-10-8-21(9-11-22)25-15-14-19-6-12-23(28-2)13-7-19/h3-13,16,25H,14-15,17H2,1-2H3,(H,26,27). The number of rotatable bonds is 8. The van der Waals surface area contributed by atoms with Crippen LogP contribution in [0.1, 0.15) is 16.7 Å². The van der Waals surface area contributed by atoms with Gasteiger partial charge in [-0.1, -0.05) is 42.0 Å². The van der Waals surface area contributed by atoms with E-state index in [1.165, 1.54) is 5.56 Å². The van der Waals surface area contributed by atoms with Crippen molar-refractivity contribution in [3.63, 3.8) is 0 Å². The third-order valence-electron chi connectivity index (χ3n) is 4.52. The first-order valence-electron chi connectivity index (χ1n) is 9.44. The maximum Gasteiger partial charge on any atom is 0.228 e. The average Bonchev–Trinajstić information content (AvgIpc) is 2.70. The Labute approximate surface area is 166 Å². The van der Waals surface area contributed by atoms with E-state index in [0.29, 0.717) is 6.42 Å². The minimum atomic E-state index is -0.00850. The van der Waals surface area contributed by atoms with Crippen LogP contribution in [0.25, 0.3) is 0 Å². The Hall–Kier alpha value is -3.27. The molecule has 0 fully saturated rings. The van der Waals surface area contributed by atoms with E-state index in [1.54, 1.807) is 7.11 Å². The van der Waals surface area contributed by atoms with Crippen molar-refractivity contribution < 1.29 is 9.53 Å². The number of hydrogen-bond acceptors (Lipinski definition) is 3. The molecule has 0 saturated carbocycles. The molecule has 4 nitrogen and oxygen atoms in total. The van der Waals surface area contributed by atoms with Crippen LogP contribution < -0.4 is 15.4 Å². The third kappa shape index (κ3) is 5.88. The molecule has 0 bridgehead atoms. The lowest BCUT2D eigenvalue weighted by molar-refractivity contribution is -0.115. The minimum Gasteiger partial charge on any atom is -0.497 e. The molecule has 0 atom stereocenters. The van der Waals surface area contributed by atoms with Gasteiger partial charge in [0.15, 0.2) is 0 Å². The predicted molar refractivity (Wildman–Crippen MR) is 115 cm³/mol. The van der Waals surface area contributed by atoms with E-state index in [1.807, 2.05) is 67.6 Å². The molecular weight excluding hydrogens is 348 g/mol. The number of nitrogens with one attached hydrogen (secondary N) is 2. The minimum absolute atomic E-state index is 0.00850. The summed E-state index contributed by atoms with van der Waals surface area (Å²) in [4.78, 5) is 12.2. The number of methoxy groups -OCH3 is 1. The molecule has 3 aromatic rings. The van der Waals surface area contributed by atoms with E-state index in [2.05, 4.69) is 22.8 Å². The van der Waals surface area contributed by atoms with Gasteiger partial charge in [0.1, 0.15) is 5.75 Å². The number of amides is 1. The Kier molecular flexibility index (Phi) is 6.68. The van der Waals surface area contributed by atoms with Gasteiger partial charge in [0, 0.05) is 17.9 Å². The number of ether oxygens (including phenoxy) is 1. The van der Waals surface area contributed by atoms with Crippen molar-refractivity contribution in [2.24, 2.45) is 0 Å². The van der Waals surface area contributed by atoms with Crippen molar-refractivity contribution in [2.75, 3.05) is 24.3 Å². The summed E-state index contributed by atoms with van der Waals surface area (Å²) in [5.41, 5.74) is 5.28. The topological polar surface area (TPSA) is 50.4 Å². The first-order valence-corrected chi connectivity index (χ1v) is 9.44. The van der Waals surface area contributed by atoms with E-state index in [4.69, 9.17) is 4.74 Å². The van der Waals surface area contributed by atoms with Gasteiger partial charge in [0.05, 0.1) is 13.5 Å². The number of aryl methyl sites for hydroxylation is 1. The number of hydrogen-bond donors (Lipinski definition) is 2. The van der Waals surface area contributed by atoms with Gasteiger partial charge in [-0.05, 0) is 60.9 Å². The van der Waals surface area contributed by atoms with E-state index in [-0.39, 0.29) is 5.91 Å². The van der Waals surface area contributed by atoms with E-state index in [9.17, 15) is 4.79 Å². The maximum absolute atomic E-state index is 12.2. The molecule has 2 N–H and O–H groups in total. The zero-order valence-electron chi connectivity index (χ0n) is 16.4. The molecule has 0 radical (unpaired) electrons. The highest BCUT2D eigenvalue weighted by molar-refractivity contribution is 5.92. The van der Waals surface area contributed by atoms with Gasteiger partial charge >= 0.3 is 0 Å². The Morgan fingerprint density at radius 3 is 2.29 bits per heavy atom. The summed E-state index contributed by atoms with van der Waals surface area (Å²) in [5.74, 6) is 0.863. The molecule has 0 saturated heterocycles. The maximum atomic E-state index is 12.2. The van der Waals surface area contributed by atoms with E-state index < -0.39 is 0 Å². The van der Waals surface area contributed by atoms with Crippen LogP contribution in [0.2, 0.25) is 0 Å². The number of carbonyl (C=O) groups is 1. The molecular formula is C24H26N2O2. The van der Waals surface area contributed by atoms with Crippen LogP contribution in [0.4, 0.5) is 11.4 Å². The highest BCUT2D eigenvalue weighted by atomic mass is 16.5. The lowest BCUT2D eigenvalue weighted by atomic mass is 10.1. The van der Waals surface area contributed by atoms with Crippen molar-refractivity contribution in [1.29, 1.82) is 0 Å². The lowest BCUT2D eigenvalue weighted by Gasteiger charge is -2.09. The summed E-state index contributed by atoms with van der Waals surface area (Å²) in [6.07, 6.45) is 1.31. The van der Waals surface area contributed by atoms with Crippen LogP contribution in [0.3, 0.4) is 0 Å². The molecule has 28 heavy (non-hydrogen) atoms. The highest BCUT2D eigenvalue weighted by Gasteiger charge is 2.04. The van der Waals surface area contributed by atoms with Gasteiger partial charge in [0.25, 0.3) is 0 Å². The Bertz CT molecular complexity index is 903. The predicted octanol–water partition coefficient (Wildman–Crippen LogP) is 4.84. The lowest BCUT2D eigenvalue weighted by Crippen LogP contribution is -2.14. The molecule has 0 spiro atoms. The molecule has 3 rings (SSSR count). The van der Waals surface area contributed by atoms with Crippen LogP contribution >= 0.6 is 0 Å². The van der Waals surface area contributed by atoms with Crippen LogP contribution in [-0.4, -0.2) is 19.6 Å². The molecule has 0 aliphatic rings. The third-order valence-corrected chi connectivity index (χ3v) is 4.52. The molecule has 0 heterocycles. The first kappa shape index (κ1) is 19.5. The Morgan fingerprint density at radius 1 is 0.893 bits per heavy atom. The quantitative estimate of drug-likeness (QED) is 0.593. The van der Waals surface area contributed by atoms with Crippen molar-refractivity contribution >= 4 is 17.3 Å². The van der Waals surface area contributed by atoms with Gasteiger partial charge in [-0.2, -0.15) is 0 Å². The van der Waals surface area contributed by atoms with Crippen molar-refractivity contribution in [3.05, 3.63) is 89.5 Å². The fourth-order valence-corrected chi connectivity index (χ4v) is 3.03. The highest BCUT2D eigenvalue weighted by Crippen LogP contribution is 2.15. The van der Waals surface area contributed by atoms with Gasteiger partial charge in [-0.15, -0.1) is 0 Å². The smallest absolute Gasteiger partial charge is 0.228 e. The Morgan fingerprint density at radius 2 is 1.61 bits per heavy atom. The fourth-order valence-electron chi connectivity index (χ4n) is 3.03. The van der Waals surface area contributed by atoms with Gasteiger partial charge < -0.3 is 15.4 Å². The number of benzene rings is 3. The molecule has 0 aliphatic heterocycles. The SMILES string of the molecule is COc1ccc(CCNc2ccc(NC(=O)Cc3cccc(C)c3)cc2)cc1. The molecule has 0 aliphatic carbocycles. The van der Waals surface area contributed by atoms with Crippen LogP contribution in [0, 0.1) is 6.92 Å². The van der Waals surface area contributed by atoms with E-state index in [0.717, 1.165) is 41.2 Å².